The van der Waals surface area contributed by atoms with E-state index in [-0.39, 0.29) is 12.0 Å². The molecule has 7 nitrogen and oxygen atoms in total. The summed E-state index contributed by atoms with van der Waals surface area (Å²) in [4.78, 5) is 28.7. The molecule has 0 aromatic carbocycles. The summed E-state index contributed by atoms with van der Waals surface area (Å²) in [5, 5.41) is 1.09. The fourth-order valence-electron chi connectivity index (χ4n) is 4.60. The highest BCUT2D eigenvalue weighted by atomic mass is 32.1. The lowest BCUT2D eigenvalue weighted by Crippen LogP contribution is -2.51. The number of anilines is 1. The first-order chi connectivity index (χ1) is 13.7. The number of amides is 1. The average molecular weight is 402 g/mol. The predicted octanol–water partition coefficient (Wildman–Crippen LogP) is 1.98. The van der Waals surface area contributed by atoms with Crippen LogP contribution in [0.4, 0.5) is 5.82 Å². The number of thiophene rings is 1. The number of aromatic nitrogens is 2. The molecule has 0 saturated carbocycles. The van der Waals surface area contributed by atoms with Gasteiger partial charge in [0, 0.05) is 37.7 Å². The van der Waals surface area contributed by atoms with Crippen molar-refractivity contribution >= 4 is 33.3 Å². The van der Waals surface area contributed by atoms with Gasteiger partial charge in [-0.1, -0.05) is 0 Å². The van der Waals surface area contributed by atoms with Gasteiger partial charge in [-0.3, -0.25) is 9.69 Å². The third kappa shape index (κ3) is 3.38. The van der Waals surface area contributed by atoms with Crippen molar-refractivity contribution in [1.82, 2.24) is 19.8 Å². The van der Waals surface area contributed by atoms with E-state index < -0.39 is 0 Å². The van der Waals surface area contributed by atoms with Crippen LogP contribution in [0.15, 0.2) is 0 Å². The summed E-state index contributed by atoms with van der Waals surface area (Å²) in [7, 11) is 0. The van der Waals surface area contributed by atoms with Gasteiger partial charge in [0.1, 0.15) is 22.6 Å². The van der Waals surface area contributed by atoms with Gasteiger partial charge in [-0.05, 0) is 44.1 Å². The summed E-state index contributed by atoms with van der Waals surface area (Å²) in [5.74, 6) is 1.58. The van der Waals surface area contributed by atoms with Crippen molar-refractivity contribution < 1.29 is 9.53 Å². The number of rotatable bonds is 3. The summed E-state index contributed by atoms with van der Waals surface area (Å²) in [6.45, 7) is 4.54. The molecule has 1 aliphatic carbocycles. The third-order valence-electron chi connectivity index (χ3n) is 6.14. The largest absolute Gasteiger partial charge is 0.383 e. The number of piperazine rings is 1. The number of nitrogens with zero attached hydrogens (tertiary/aromatic N) is 4. The minimum Gasteiger partial charge on any atom is -0.383 e. The lowest BCUT2D eigenvalue weighted by atomic mass is 9.97. The van der Waals surface area contributed by atoms with E-state index in [1.165, 1.54) is 23.3 Å². The monoisotopic (exact) mass is 401 g/mol. The number of ether oxygens (including phenoxy) is 1. The summed E-state index contributed by atoms with van der Waals surface area (Å²) in [6, 6.07) is 0. The minimum atomic E-state index is -0.220. The quantitative estimate of drug-likeness (QED) is 0.847. The molecule has 2 fully saturated rings. The SMILES string of the molecule is Nc1nc(CN2CCN(C(=O)C3CCCO3)CC2)nc2sc3c(c12)CCCC3. The fourth-order valence-corrected chi connectivity index (χ4v) is 5.89. The van der Waals surface area contributed by atoms with Crippen molar-refractivity contribution in [3.63, 3.8) is 0 Å². The summed E-state index contributed by atoms with van der Waals surface area (Å²) in [5.41, 5.74) is 7.72. The second-order valence-electron chi connectivity index (χ2n) is 8.02. The van der Waals surface area contributed by atoms with Gasteiger partial charge >= 0.3 is 0 Å². The van der Waals surface area contributed by atoms with E-state index in [4.69, 9.17) is 15.5 Å². The van der Waals surface area contributed by atoms with Crippen LogP contribution < -0.4 is 5.73 Å². The Hall–Kier alpha value is -1.77. The van der Waals surface area contributed by atoms with Crippen LogP contribution in [0.3, 0.4) is 0 Å². The Morgan fingerprint density at radius 2 is 1.96 bits per heavy atom. The Bertz CT molecular complexity index is 884. The number of carbonyl (C=O) groups is 1. The van der Waals surface area contributed by atoms with E-state index >= 15 is 0 Å². The standard InChI is InChI=1S/C20H27N5O2S/c21-18-17-13-4-1-2-6-15(13)28-19(17)23-16(22-18)12-24-7-9-25(10-8-24)20(26)14-5-3-11-27-14/h14H,1-12H2,(H2,21,22,23). The Balaban J connectivity index is 1.25. The van der Waals surface area contributed by atoms with E-state index in [1.807, 2.05) is 4.90 Å². The molecule has 150 valence electrons. The molecule has 5 rings (SSSR count). The maximum atomic E-state index is 12.5. The van der Waals surface area contributed by atoms with Gasteiger partial charge in [0.2, 0.25) is 0 Å². The zero-order chi connectivity index (χ0) is 19.1. The summed E-state index contributed by atoms with van der Waals surface area (Å²) >= 11 is 1.79. The lowest BCUT2D eigenvalue weighted by Gasteiger charge is -2.35. The first kappa shape index (κ1) is 18.3. The Morgan fingerprint density at radius 1 is 1.14 bits per heavy atom. The van der Waals surface area contributed by atoms with E-state index in [2.05, 4.69) is 9.88 Å². The zero-order valence-electron chi connectivity index (χ0n) is 16.2. The second-order valence-corrected chi connectivity index (χ2v) is 9.10. The molecule has 2 aromatic heterocycles. The molecule has 0 spiro atoms. The first-order valence-electron chi connectivity index (χ1n) is 10.4. The predicted molar refractivity (Wildman–Crippen MR) is 109 cm³/mol. The molecule has 1 unspecified atom stereocenters. The molecular weight excluding hydrogens is 374 g/mol. The van der Waals surface area contributed by atoms with E-state index in [0.29, 0.717) is 19.0 Å². The van der Waals surface area contributed by atoms with Crippen LogP contribution in [0.2, 0.25) is 0 Å². The van der Waals surface area contributed by atoms with Crippen molar-refractivity contribution in [2.75, 3.05) is 38.5 Å². The topological polar surface area (TPSA) is 84.6 Å². The number of fused-ring (bicyclic) bond motifs is 3. The molecule has 2 saturated heterocycles. The Morgan fingerprint density at radius 3 is 2.75 bits per heavy atom. The number of nitrogens with two attached hydrogens (primary N) is 1. The Kier molecular flexibility index (Phi) is 4.94. The zero-order valence-corrected chi connectivity index (χ0v) is 17.0. The van der Waals surface area contributed by atoms with Crippen LogP contribution in [0.25, 0.3) is 10.2 Å². The van der Waals surface area contributed by atoms with Gasteiger partial charge in [0.15, 0.2) is 0 Å². The lowest BCUT2D eigenvalue weighted by molar-refractivity contribution is -0.142. The Labute approximate surface area is 168 Å². The average Bonchev–Trinajstić information content (AvgIpc) is 3.36. The molecule has 0 bridgehead atoms. The maximum Gasteiger partial charge on any atom is 0.251 e. The van der Waals surface area contributed by atoms with Gasteiger partial charge in [-0.25, -0.2) is 9.97 Å². The van der Waals surface area contributed by atoms with Crippen LogP contribution >= 0.6 is 11.3 Å². The number of hydrogen-bond acceptors (Lipinski definition) is 7. The van der Waals surface area contributed by atoms with Crippen LogP contribution in [-0.2, 0) is 28.9 Å². The normalized spacial score (nSPS) is 23.3. The first-order valence-corrected chi connectivity index (χ1v) is 11.2. The molecule has 2 aromatic rings. The van der Waals surface area contributed by atoms with Crippen LogP contribution in [0.5, 0.6) is 0 Å². The molecule has 3 aliphatic rings. The molecule has 8 heteroatoms. The minimum absolute atomic E-state index is 0.156. The van der Waals surface area contributed by atoms with Crippen LogP contribution in [0.1, 0.15) is 41.9 Å². The molecule has 1 atom stereocenters. The van der Waals surface area contributed by atoms with Crippen molar-refractivity contribution in [1.29, 1.82) is 0 Å². The molecule has 2 aliphatic heterocycles. The highest BCUT2D eigenvalue weighted by Gasteiger charge is 2.30. The van der Waals surface area contributed by atoms with Gasteiger partial charge in [0.25, 0.3) is 5.91 Å². The summed E-state index contributed by atoms with van der Waals surface area (Å²) < 4.78 is 5.54. The third-order valence-corrected chi connectivity index (χ3v) is 7.33. The second kappa shape index (κ2) is 7.57. The number of nitrogen functional groups attached to an aromatic ring is 1. The highest BCUT2D eigenvalue weighted by molar-refractivity contribution is 7.19. The van der Waals surface area contributed by atoms with E-state index in [9.17, 15) is 4.79 Å². The van der Waals surface area contributed by atoms with Crippen molar-refractivity contribution in [2.24, 2.45) is 0 Å². The van der Waals surface area contributed by atoms with Crippen molar-refractivity contribution in [2.45, 2.75) is 51.2 Å². The van der Waals surface area contributed by atoms with Crippen molar-refractivity contribution in [3.05, 3.63) is 16.3 Å². The van der Waals surface area contributed by atoms with E-state index in [1.54, 1.807) is 11.3 Å². The van der Waals surface area contributed by atoms with Gasteiger partial charge in [0.05, 0.1) is 11.9 Å². The molecule has 28 heavy (non-hydrogen) atoms. The van der Waals surface area contributed by atoms with Crippen LogP contribution in [0, 0.1) is 0 Å². The van der Waals surface area contributed by atoms with E-state index in [0.717, 1.165) is 67.9 Å². The molecule has 4 heterocycles. The molecule has 2 N–H and O–H groups in total. The molecular formula is C20H27N5O2S. The van der Waals surface area contributed by atoms with Gasteiger partial charge < -0.3 is 15.4 Å². The summed E-state index contributed by atoms with van der Waals surface area (Å²) in [6.07, 6.45) is 6.36. The fraction of sp³-hybridized carbons (Fsp3) is 0.650. The molecule has 0 radical (unpaired) electrons. The number of hydrogen-bond donors (Lipinski definition) is 1. The number of aryl methyl sites for hydroxylation is 2. The van der Waals surface area contributed by atoms with Gasteiger partial charge in [-0.15, -0.1) is 11.3 Å². The number of carbonyl (C=O) groups excluding carboxylic acids is 1. The smallest absolute Gasteiger partial charge is 0.251 e. The maximum absolute atomic E-state index is 12.5. The highest BCUT2D eigenvalue weighted by Crippen LogP contribution is 2.37. The van der Waals surface area contributed by atoms with Gasteiger partial charge in [-0.2, -0.15) is 0 Å². The van der Waals surface area contributed by atoms with Crippen molar-refractivity contribution in [3.8, 4) is 0 Å². The molecule has 1 amide bonds. The van der Waals surface area contributed by atoms with Crippen LogP contribution in [-0.4, -0.2) is 64.6 Å².